The number of hydrogen-bond acceptors (Lipinski definition) is 6. The number of carbonyl (C=O) groups is 1. The van der Waals surface area contributed by atoms with Crippen molar-refractivity contribution in [2.45, 2.75) is 63.5 Å². The minimum absolute atomic E-state index is 0.245. The predicted molar refractivity (Wildman–Crippen MR) is 126 cm³/mol. The van der Waals surface area contributed by atoms with Gasteiger partial charge < -0.3 is 14.5 Å². The van der Waals surface area contributed by atoms with Crippen LogP contribution in [0.1, 0.15) is 37.4 Å². The number of hydrogen-bond donors (Lipinski definition) is 1. The summed E-state index contributed by atoms with van der Waals surface area (Å²) in [6.45, 7) is 10.3. The lowest BCUT2D eigenvalue weighted by atomic mass is 10.2. The van der Waals surface area contributed by atoms with Crippen LogP contribution < -0.4 is 5.32 Å². The van der Waals surface area contributed by atoms with Gasteiger partial charge in [-0.25, -0.2) is 19.3 Å². The third-order valence-corrected chi connectivity index (χ3v) is 11.1. The van der Waals surface area contributed by atoms with Crippen LogP contribution in [-0.4, -0.2) is 52.1 Å². The molecule has 1 fully saturated rings. The van der Waals surface area contributed by atoms with E-state index in [0.717, 1.165) is 18.1 Å². The Bertz CT molecular complexity index is 1100. The monoisotopic (exact) mass is 470 g/mol. The van der Waals surface area contributed by atoms with Crippen molar-refractivity contribution in [3.8, 4) is 0 Å². The number of nitrogens with one attached hydrogen (secondary N) is 1. The lowest BCUT2D eigenvalue weighted by Crippen LogP contribution is -2.45. The van der Waals surface area contributed by atoms with Crippen molar-refractivity contribution in [1.82, 2.24) is 19.5 Å². The average Bonchev–Trinajstić information content (AvgIpc) is 3.39. The Morgan fingerprint density at radius 3 is 2.55 bits per heavy atom. The molecular formula is C23H29FN5O3Si. The van der Waals surface area contributed by atoms with Gasteiger partial charge in [-0.2, -0.15) is 0 Å². The van der Waals surface area contributed by atoms with Crippen molar-refractivity contribution in [2.24, 2.45) is 0 Å². The third-order valence-electron chi connectivity index (χ3n) is 6.49. The predicted octanol–water partition coefficient (Wildman–Crippen LogP) is 4.54. The first-order valence-electron chi connectivity index (χ1n) is 11.3. The SMILES string of the molecule is [CH2][C@H]1O[C@@H](n2cnc3c(NC(=O)c4ccccc4)ncnc32)[C@H](F)[C@@H]1O[Si](CC)(CC)CC. The second-order valence-electron chi connectivity index (χ2n) is 8.20. The Kier molecular flexibility index (Phi) is 6.87. The van der Waals surface area contributed by atoms with Crippen LogP contribution in [-0.2, 0) is 9.16 Å². The van der Waals surface area contributed by atoms with E-state index in [2.05, 4.69) is 48.0 Å². The standard InChI is InChI=1S/C23H29FN5O3Si/c1-5-33(6-2,7-3)32-19-15(4)31-23(17(19)24)29-14-27-18-20(25-13-26-21(18)29)28-22(30)16-11-9-8-10-12-16/h8-15,17,19,23H,4-7H2,1-3H3,(H,25,26,28,30)/t15-,17-,19-,23-/m1/s1. The lowest BCUT2D eigenvalue weighted by Gasteiger charge is -2.33. The van der Waals surface area contributed by atoms with Crippen molar-refractivity contribution in [2.75, 3.05) is 5.32 Å². The van der Waals surface area contributed by atoms with E-state index in [0.29, 0.717) is 16.7 Å². The van der Waals surface area contributed by atoms with Gasteiger partial charge in [-0.05, 0) is 37.2 Å². The summed E-state index contributed by atoms with van der Waals surface area (Å²) in [5.74, 6) is -0.0775. The molecule has 0 saturated carbocycles. The number of anilines is 1. The Hall–Kier alpha value is -2.69. The number of halogens is 1. The molecule has 1 aliphatic rings. The van der Waals surface area contributed by atoms with Crippen molar-refractivity contribution in [3.63, 3.8) is 0 Å². The smallest absolute Gasteiger partial charge is 0.256 e. The zero-order valence-corrected chi connectivity index (χ0v) is 20.1. The van der Waals surface area contributed by atoms with Gasteiger partial charge in [-0.3, -0.25) is 9.36 Å². The first-order valence-corrected chi connectivity index (χ1v) is 13.8. The second kappa shape index (κ2) is 9.66. The highest BCUT2D eigenvalue weighted by atomic mass is 28.4. The minimum atomic E-state index is -2.05. The molecule has 1 saturated heterocycles. The second-order valence-corrected chi connectivity index (χ2v) is 12.9. The summed E-state index contributed by atoms with van der Waals surface area (Å²) in [4.78, 5) is 25.3. The molecule has 1 amide bonds. The highest BCUT2D eigenvalue weighted by Gasteiger charge is 2.48. The van der Waals surface area contributed by atoms with E-state index < -0.39 is 32.9 Å². The maximum Gasteiger partial charge on any atom is 0.256 e. The number of ether oxygens (including phenoxy) is 1. The van der Waals surface area contributed by atoms with Crippen LogP contribution in [0.5, 0.6) is 0 Å². The fraction of sp³-hybridized carbons (Fsp3) is 0.435. The largest absolute Gasteiger partial charge is 0.408 e. The van der Waals surface area contributed by atoms with E-state index >= 15 is 4.39 Å². The molecule has 8 nitrogen and oxygen atoms in total. The molecular weight excluding hydrogens is 441 g/mol. The Balaban J connectivity index is 1.59. The van der Waals surface area contributed by atoms with E-state index in [1.807, 2.05) is 6.07 Å². The first-order chi connectivity index (χ1) is 15.9. The number of carbonyl (C=O) groups excluding carboxylic acids is 1. The maximum absolute atomic E-state index is 15.6. The average molecular weight is 471 g/mol. The van der Waals surface area contributed by atoms with Crippen molar-refractivity contribution in [1.29, 1.82) is 0 Å². The number of aromatic nitrogens is 4. The fourth-order valence-electron chi connectivity index (χ4n) is 4.25. The van der Waals surface area contributed by atoms with Gasteiger partial charge in [0, 0.05) is 5.56 Å². The van der Waals surface area contributed by atoms with Gasteiger partial charge in [-0.15, -0.1) is 0 Å². The van der Waals surface area contributed by atoms with Crippen LogP contribution in [0.2, 0.25) is 18.1 Å². The van der Waals surface area contributed by atoms with E-state index in [4.69, 9.17) is 9.16 Å². The van der Waals surface area contributed by atoms with Gasteiger partial charge in [0.15, 0.2) is 37.7 Å². The van der Waals surface area contributed by atoms with Gasteiger partial charge in [0.05, 0.1) is 12.4 Å². The van der Waals surface area contributed by atoms with Crippen molar-refractivity contribution in [3.05, 3.63) is 55.5 Å². The fourth-order valence-corrected chi connectivity index (χ4v) is 7.11. The number of benzene rings is 1. The molecule has 1 N–H and O–H groups in total. The summed E-state index contributed by atoms with van der Waals surface area (Å²) in [6, 6.07) is 11.5. The van der Waals surface area contributed by atoms with E-state index in [-0.39, 0.29) is 11.7 Å². The summed E-state index contributed by atoms with van der Waals surface area (Å²) in [7, 11) is -2.05. The number of rotatable bonds is 8. The van der Waals surface area contributed by atoms with E-state index in [1.165, 1.54) is 17.2 Å². The van der Waals surface area contributed by atoms with Crippen LogP contribution in [0.4, 0.5) is 10.2 Å². The summed E-state index contributed by atoms with van der Waals surface area (Å²) in [6.07, 6.45) is -1.06. The molecule has 10 heteroatoms. The number of nitrogens with zero attached hydrogens (tertiary/aromatic N) is 4. The van der Waals surface area contributed by atoms with Gasteiger partial charge in [-0.1, -0.05) is 39.0 Å². The number of fused-ring (bicyclic) bond motifs is 1. The lowest BCUT2D eigenvalue weighted by molar-refractivity contribution is -0.00246. The Labute approximate surface area is 193 Å². The van der Waals surface area contributed by atoms with Crippen LogP contribution in [0.15, 0.2) is 43.0 Å². The zero-order valence-electron chi connectivity index (χ0n) is 19.1. The quantitative estimate of drug-likeness (QED) is 0.486. The molecule has 0 bridgehead atoms. The molecule has 1 radical (unpaired) electrons. The summed E-state index contributed by atoms with van der Waals surface area (Å²) >= 11 is 0. The van der Waals surface area contributed by atoms with Gasteiger partial charge >= 0.3 is 0 Å². The molecule has 0 unspecified atom stereocenters. The van der Waals surface area contributed by atoms with Crippen LogP contribution in [0.3, 0.4) is 0 Å². The van der Waals surface area contributed by atoms with Crippen LogP contribution in [0.25, 0.3) is 11.2 Å². The molecule has 0 spiro atoms. The van der Waals surface area contributed by atoms with E-state index in [9.17, 15) is 4.79 Å². The number of amides is 1. The maximum atomic E-state index is 15.6. The highest BCUT2D eigenvalue weighted by molar-refractivity contribution is 6.73. The molecule has 175 valence electrons. The number of alkyl halides is 1. The molecule has 1 aliphatic heterocycles. The Morgan fingerprint density at radius 1 is 1.18 bits per heavy atom. The molecule has 33 heavy (non-hydrogen) atoms. The van der Waals surface area contributed by atoms with Gasteiger partial charge in [0.1, 0.15) is 12.4 Å². The van der Waals surface area contributed by atoms with Crippen LogP contribution in [0, 0.1) is 6.92 Å². The Morgan fingerprint density at radius 2 is 1.88 bits per heavy atom. The third kappa shape index (κ3) is 4.42. The number of imidazole rings is 1. The highest BCUT2D eigenvalue weighted by Crippen LogP contribution is 2.38. The van der Waals surface area contributed by atoms with Crippen molar-refractivity contribution < 1.29 is 18.3 Å². The normalized spacial score (nSPS) is 23.2. The molecule has 3 heterocycles. The summed E-state index contributed by atoms with van der Waals surface area (Å²) in [5.41, 5.74) is 1.20. The molecule has 3 aromatic rings. The first kappa shape index (κ1) is 23.5. The molecule has 1 aromatic carbocycles. The topological polar surface area (TPSA) is 91.2 Å². The van der Waals surface area contributed by atoms with Gasteiger partial charge in [0.2, 0.25) is 0 Å². The summed E-state index contributed by atoms with van der Waals surface area (Å²) < 4.78 is 29.4. The van der Waals surface area contributed by atoms with E-state index in [1.54, 1.807) is 24.3 Å². The summed E-state index contributed by atoms with van der Waals surface area (Å²) in [5, 5.41) is 2.76. The molecule has 4 rings (SSSR count). The molecule has 0 aliphatic carbocycles. The minimum Gasteiger partial charge on any atom is -0.408 e. The van der Waals surface area contributed by atoms with Crippen molar-refractivity contribution >= 4 is 31.2 Å². The molecule has 2 aromatic heterocycles. The van der Waals surface area contributed by atoms with Gasteiger partial charge in [0.25, 0.3) is 5.91 Å². The molecule has 4 atom stereocenters. The zero-order chi connectivity index (χ0) is 23.6. The van der Waals surface area contributed by atoms with Crippen LogP contribution >= 0.6 is 0 Å².